The van der Waals surface area contributed by atoms with E-state index < -0.39 is 10.0 Å². The summed E-state index contributed by atoms with van der Waals surface area (Å²) in [6.07, 6.45) is 4.60. The lowest BCUT2D eigenvalue weighted by atomic mass is 10.0. The second kappa shape index (κ2) is 5.81. The van der Waals surface area contributed by atoms with Gasteiger partial charge in [0.1, 0.15) is 0 Å². The summed E-state index contributed by atoms with van der Waals surface area (Å²) in [4.78, 5) is 0.242. The van der Waals surface area contributed by atoms with Crippen molar-refractivity contribution in [3.05, 3.63) is 22.7 Å². The average Bonchev–Trinajstić information content (AvgIpc) is 2.80. The molecule has 1 aromatic rings. The van der Waals surface area contributed by atoms with E-state index in [1.165, 1.54) is 18.9 Å². The molecule has 2 rings (SSSR count). The molecule has 0 saturated heterocycles. The van der Waals surface area contributed by atoms with Gasteiger partial charge >= 0.3 is 0 Å². The van der Waals surface area contributed by atoms with Crippen LogP contribution in [0.25, 0.3) is 0 Å². The minimum Gasteiger partial charge on any atom is -0.399 e. The van der Waals surface area contributed by atoms with Crippen LogP contribution in [0.1, 0.15) is 32.6 Å². The quantitative estimate of drug-likeness (QED) is 0.823. The molecule has 3 N–H and O–H groups in total. The Morgan fingerprint density at radius 2 is 2.00 bits per heavy atom. The van der Waals surface area contributed by atoms with E-state index in [1.807, 2.05) is 6.92 Å². The Morgan fingerprint density at radius 3 is 2.58 bits per heavy atom. The minimum absolute atomic E-state index is 0.0306. The van der Waals surface area contributed by atoms with Crippen LogP contribution < -0.4 is 10.5 Å². The number of nitrogens with one attached hydrogen (secondary N) is 1. The maximum atomic E-state index is 12.3. The molecule has 0 aliphatic heterocycles. The number of benzene rings is 1. The highest BCUT2D eigenvalue weighted by Crippen LogP contribution is 2.29. The van der Waals surface area contributed by atoms with Gasteiger partial charge in [-0.15, -0.1) is 0 Å². The molecular weight excluding hydrogens is 328 g/mol. The Bertz CT molecular complexity index is 554. The van der Waals surface area contributed by atoms with Gasteiger partial charge in [0.25, 0.3) is 0 Å². The molecule has 1 aromatic carbocycles. The van der Waals surface area contributed by atoms with Crippen LogP contribution in [0.5, 0.6) is 0 Å². The summed E-state index contributed by atoms with van der Waals surface area (Å²) in [5, 5.41) is 0. The molecule has 1 atom stereocenters. The van der Waals surface area contributed by atoms with E-state index in [0.717, 1.165) is 12.8 Å². The lowest BCUT2D eigenvalue weighted by Gasteiger charge is -2.20. The van der Waals surface area contributed by atoms with Gasteiger partial charge in [0.15, 0.2) is 0 Å². The zero-order valence-electron chi connectivity index (χ0n) is 10.9. The summed E-state index contributed by atoms with van der Waals surface area (Å²) < 4.78 is 28.0. The Morgan fingerprint density at radius 1 is 1.37 bits per heavy atom. The normalized spacial score (nSPS) is 18.6. The van der Waals surface area contributed by atoms with Crippen LogP contribution in [0.15, 0.2) is 27.6 Å². The van der Waals surface area contributed by atoms with Crippen molar-refractivity contribution >= 4 is 31.6 Å². The Hall–Kier alpha value is -0.590. The summed E-state index contributed by atoms with van der Waals surface area (Å²) in [7, 11) is -3.50. The van der Waals surface area contributed by atoms with Crippen LogP contribution in [-0.4, -0.2) is 14.5 Å². The van der Waals surface area contributed by atoms with Gasteiger partial charge in [-0.2, -0.15) is 0 Å². The van der Waals surface area contributed by atoms with Crippen LogP contribution >= 0.6 is 15.9 Å². The van der Waals surface area contributed by atoms with E-state index >= 15 is 0 Å². The molecule has 1 saturated carbocycles. The highest BCUT2D eigenvalue weighted by molar-refractivity contribution is 9.10. The molecule has 1 aliphatic rings. The van der Waals surface area contributed by atoms with E-state index in [4.69, 9.17) is 5.73 Å². The summed E-state index contributed by atoms with van der Waals surface area (Å²) in [5.41, 5.74) is 6.16. The summed E-state index contributed by atoms with van der Waals surface area (Å²) >= 11 is 3.26. The van der Waals surface area contributed by atoms with Gasteiger partial charge < -0.3 is 5.73 Å². The van der Waals surface area contributed by atoms with Crippen molar-refractivity contribution in [1.82, 2.24) is 4.72 Å². The maximum absolute atomic E-state index is 12.3. The topological polar surface area (TPSA) is 72.2 Å². The Kier molecular flexibility index (Phi) is 4.53. The van der Waals surface area contributed by atoms with E-state index in [9.17, 15) is 8.42 Å². The molecule has 6 heteroatoms. The number of hydrogen-bond donors (Lipinski definition) is 2. The van der Waals surface area contributed by atoms with Gasteiger partial charge in [-0.25, -0.2) is 13.1 Å². The third-order valence-corrected chi connectivity index (χ3v) is 6.23. The largest absolute Gasteiger partial charge is 0.399 e. The van der Waals surface area contributed by atoms with E-state index in [1.54, 1.807) is 12.1 Å². The molecule has 1 aliphatic carbocycles. The fourth-order valence-corrected chi connectivity index (χ4v) is 5.00. The molecule has 1 fully saturated rings. The third-order valence-electron chi connectivity index (χ3n) is 3.69. The number of halogens is 1. The minimum atomic E-state index is -3.50. The van der Waals surface area contributed by atoms with Crippen molar-refractivity contribution in [3.63, 3.8) is 0 Å². The van der Waals surface area contributed by atoms with Crippen molar-refractivity contribution in [1.29, 1.82) is 0 Å². The smallest absolute Gasteiger partial charge is 0.241 e. The lowest BCUT2D eigenvalue weighted by molar-refractivity contribution is 0.424. The van der Waals surface area contributed by atoms with Crippen molar-refractivity contribution in [2.45, 2.75) is 43.5 Å². The van der Waals surface area contributed by atoms with E-state index in [-0.39, 0.29) is 10.9 Å². The first-order valence-electron chi connectivity index (χ1n) is 6.47. The number of sulfonamides is 1. The molecule has 4 nitrogen and oxygen atoms in total. The predicted octanol–water partition coefficient (Wildman–Crippen LogP) is 2.89. The predicted molar refractivity (Wildman–Crippen MR) is 80.3 cm³/mol. The van der Waals surface area contributed by atoms with Crippen molar-refractivity contribution in [2.24, 2.45) is 5.92 Å². The molecule has 0 spiro atoms. The molecule has 0 amide bonds. The second-order valence-electron chi connectivity index (χ2n) is 5.14. The molecule has 0 bridgehead atoms. The SMILES string of the molecule is CC(NS(=O)(=O)c1ccc(N)cc1Br)C1CCCC1. The van der Waals surface area contributed by atoms with Gasteiger partial charge in [-0.1, -0.05) is 12.8 Å². The highest BCUT2D eigenvalue weighted by Gasteiger charge is 2.27. The van der Waals surface area contributed by atoms with Crippen molar-refractivity contribution in [3.8, 4) is 0 Å². The first-order valence-corrected chi connectivity index (χ1v) is 8.75. The van der Waals surface area contributed by atoms with Crippen LogP contribution in [0, 0.1) is 5.92 Å². The summed E-state index contributed by atoms with van der Waals surface area (Å²) in [5.74, 6) is 0.447. The van der Waals surface area contributed by atoms with Gasteiger partial charge in [0.05, 0.1) is 4.90 Å². The van der Waals surface area contributed by atoms with E-state index in [0.29, 0.717) is 16.1 Å². The lowest BCUT2D eigenvalue weighted by Crippen LogP contribution is -2.37. The molecule has 0 aromatic heterocycles. The molecule has 1 unspecified atom stereocenters. The molecular formula is C13H19BrN2O2S. The monoisotopic (exact) mass is 346 g/mol. The zero-order chi connectivity index (χ0) is 14.0. The first-order chi connectivity index (χ1) is 8.90. The van der Waals surface area contributed by atoms with Gasteiger partial charge in [-0.05, 0) is 59.8 Å². The highest BCUT2D eigenvalue weighted by atomic mass is 79.9. The van der Waals surface area contributed by atoms with Crippen LogP contribution in [0.4, 0.5) is 5.69 Å². The molecule has 0 heterocycles. The van der Waals surface area contributed by atoms with Crippen molar-refractivity contribution < 1.29 is 8.42 Å². The Labute approximate surface area is 122 Å². The number of nitrogens with two attached hydrogens (primary N) is 1. The number of hydrogen-bond acceptors (Lipinski definition) is 3. The number of rotatable bonds is 4. The fourth-order valence-electron chi connectivity index (χ4n) is 2.60. The third kappa shape index (κ3) is 3.49. The van der Waals surface area contributed by atoms with Gasteiger partial charge in [0, 0.05) is 16.2 Å². The second-order valence-corrected chi connectivity index (χ2v) is 7.68. The average molecular weight is 347 g/mol. The summed E-state index contributed by atoms with van der Waals surface area (Å²) in [6, 6.07) is 4.70. The fraction of sp³-hybridized carbons (Fsp3) is 0.538. The number of nitrogen functional groups attached to an aromatic ring is 1. The molecule has 0 radical (unpaired) electrons. The van der Waals surface area contributed by atoms with Crippen LogP contribution in [0.3, 0.4) is 0 Å². The number of anilines is 1. The summed E-state index contributed by atoms with van der Waals surface area (Å²) in [6.45, 7) is 1.94. The standard InChI is InChI=1S/C13H19BrN2O2S/c1-9(10-4-2-3-5-10)16-19(17,18)13-7-6-11(15)8-12(13)14/h6-10,16H,2-5,15H2,1H3. The van der Waals surface area contributed by atoms with Crippen molar-refractivity contribution in [2.75, 3.05) is 5.73 Å². The molecule has 106 valence electrons. The zero-order valence-corrected chi connectivity index (χ0v) is 13.3. The first kappa shape index (κ1) is 14.8. The van der Waals surface area contributed by atoms with Gasteiger partial charge in [0.2, 0.25) is 10.0 Å². The maximum Gasteiger partial charge on any atom is 0.241 e. The van der Waals surface area contributed by atoms with E-state index in [2.05, 4.69) is 20.7 Å². The van der Waals surface area contributed by atoms with Gasteiger partial charge in [-0.3, -0.25) is 0 Å². The Balaban J connectivity index is 2.17. The molecule has 19 heavy (non-hydrogen) atoms. The van der Waals surface area contributed by atoms with Crippen LogP contribution in [0.2, 0.25) is 0 Å². The van der Waals surface area contributed by atoms with Crippen LogP contribution in [-0.2, 0) is 10.0 Å².